The SMILES string of the molecule is CC(=O)NC(CC(=O)NCCc1cnn(-c2ccccc2)c1)c1ccc(C)cc1. The van der Waals surface area contributed by atoms with Crippen molar-refractivity contribution in [1.82, 2.24) is 20.4 Å². The van der Waals surface area contributed by atoms with Crippen LogP contribution < -0.4 is 10.6 Å². The van der Waals surface area contributed by atoms with Crippen LogP contribution >= 0.6 is 0 Å². The summed E-state index contributed by atoms with van der Waals surface area (Å²) in [6, 6.07) is 17.4. The van der Waals surface area contributed by atoms with Crippen LogP contribution in [0.15, 0.2) is 67.0 Å². The number of aryl methyl sites for hydroxylation is 1. The molecule has 2 N–H and O–H groups in total. The quantitative estimate of drug-likeness (QED) is 0.621. The number of nitrogens with zero attached hydrogens (tertiary/aromatic N) is 2. The van der Waals surface area contributed by atoms with Crippen LogP contribution in [0.5, 0.6) is 0 Å². The molecule has 0 radical (unpaired) electrons. The zero-order chi connectivity index (χ0) is 20.6. The van der Waals surface area contributed by atoms with Gasteiger partial charge in [-0.3, -0.25) is 9.59 Å². The summed E-state index contributed by atoms with van der Waals surface area (Å²) in [6.45, 7) is 3.98. The lowest BCUT2D eigenvalue weighted by Crippen LogP contribution is -2.33. The lowest BCUT2D eigenvalue weighted by atomic mass is 10.0. The van der Waals surface area contributed by atoms with Gasteiger partial charge in [-0.1, -0.05) is 48.0 Å². The molecule has 2 aromatic carbocycles. The van der Waals surface area contributed by atoms with Crippen LogP contribution in [0.1, 0.15) is 36.1 Å². The number of para-hydroxylation sites is 1. The molecule has 0 aliphatic rings. The van der Waals surface area contributed by atoms with Crippen molar-refractivity contribution in [3.05, 3.63) is 83.7 Å². The number of hydrogen-bond acceptors (Lipinski definition) is 3. The highest BCUT2D eigenvalue weighted by molar-refractivity contribution is 5.79. The second-order valence-corrected chi connectivity index (χ2v) is 7.10. The Balaban J connectivity index is 1.52. The topological polar surface area (TPSA) is 76.0 Å². The maximum atomic E-state index is 12.4. The summed E-state index contributed by atoms with van der Waals surface area (Å²) in [5.41, 5.74) is 4.10. The van der Waals surface area contributed by atoms with Crippen molar-refractivity contribution in [2.45, 2.75) is 32.7 Å². The lowest BCUT2D eigenvalue weighted by Gasteiger charge is -2.18. The van der Waals surface area contributed by atoms with E-state index in [9.17, 15) is 9.59 Å². The van der Waals surface area contributed by atoms with Gasteiger partial charge in [0.25, 0.3) is 0 Å². The van der Waals surface area contributed by atoms with Gasteiger partial charge >= 0.3 is 0 Å². The van der Waals surface area contributed by atoms with Gasteiger partial charge in [-0.2, -0.15) is 5.10 Å². The third kappa shape index (κ3) is 6.04. The summed E-state index contributed by atoms with van der Waals surface area (Å²) < 4.78 is 1.82. The second-order valence-electron chi connectivity index (χ2n) is 7.10. The minimum atomic E-state index is -0.339. The highest BCUT2D eigenvalue weighted by Gasteiger charge is 2.17. The molecule has 150 valence electrons. The fourth-order valence-electron chi connectivity index (χ4n) is 3.11. The molecule has 2 amide bonds. The van der Waals surface area contributed by atoms with Crippen molar-refractivity contribution in [3.63, 3.8) is 0 Å². The number of amides is 2. The molecule has 0 bridgehead atoms. The molecule has 0 saturated heterocycles. The Labute approximate surface area is 170 Å². The molecule has 3 aromatic rings. The first-order valence-corrected chi connectivity index (χ1v) is 9.70. The number of nitrogens with one attached hydrogen (secondary N) is 2. The van der Waals surface area contributed by atoms with Gasteiger partial charge in [0.2, 0.25) is 11.8 Å². The highest BCUT2D eigenvalue weighted by atomic mass is 16.2. The van der Waals surface area contributed by atoms with Gasteiger partial charge in [-0.05, 0) is 36.6 Å². The van der Waals surface area contributed by atoms with E-state index < -0.39 is 0 Å². The Morgan fingerprint density at radius 2 is 1.79 bits per heavy atom. The minimum absolute atomic E-state index is 0.0974. The average Bonchev–Trinajstić information content (AvgIpc) is 3.17. The fourth-order valence-corrected chi connectivity index (χ4v) is 3.11. The van der Waals surface area contributed by atoms with Gasteiger partial charge in [0.15, 0.2) is 0 Å². The van der Waals surface area contributed by atoms with E-state index in [2.05, 4.69) is 15.7 Å². The van der Waals surface area contributed by atoms with Crippen LogP contribution in [0.4, 0.5) is 0 Å². The van der Waals surface area contributed by atoms with E-state index in [0.29, 0.717) is 13.0 Å². The maximum Gasteiger partial charge on any atom is 0.222 e. The van der Waals surface area contributed by atoms with Crippen molar-refractivity contribution < 1.29 is 9.59 Å². The Bertz CT molecular complexity index is 949. The molecular weight excluding hydrogens is 364 g/mol. The van der Waals surface area contributed by atoms with Crippen LogP contribution in [0.25, 0.3) is 5.69 Å². The molecule has 1 atom stereocenters. The van der Waals surface area contributed by atoms with Gasteiger partial charge in [-0.15, -0.1) is 0 Å². The number of rotatable bonds is 8. The normalized spacial score (nSPS) is 11.7. The molecule has 0 aliphatic carbocycles. The summed E-state index contributed by atoms with van der Waals surface area (Å²) in [5, 5.41) is 10.2. The zero-order valence-electron chi connectivity index (χ0n) is 16.8. The standard InChI is InChI=1S/C23H26N4O2/c1-17-8-10-20(11-9-17)22(26-18(2)28)14-23(29)24-13-12-19-15-25-27(16-19)21-6-4-3-5-7-21/h3-11,15-16,22H,12-14H2,1-2H3,(H,24,29)(H,26,28). The molecular formula is C23H26N4O2. The molecule has 3 rings (SSSR count). The molecule has 0 fully saturated rings. The highest BCUT2D eigenvalue weighted by Crippen LogP contribution is 2.17. The van der Waals surface area contributed by atoms with Crippen molar-refractivity contribution in [1.29, 1.82) is 0 Å². The smallest absolute Gasteiger partial charge is 0.222 e. The first-order valence-electron chi connectivity index (χ1n) is 9.70. The average molecular weight is 390 g/mol. The van der Waals surface area contributed by atoms with Crippen molar-refractivity contribution in [2.24, 2.45) is 0 Å². The van der Waals surface area contributed by atoms with Crippen LogP contribution in [0.3, 0.4) is 0 Å². The number of hydrogen-bond donors (Lipinski definition) is 2. The van der Waals surface area contributed by atoms with Gasteiger partial charge in [0.1, 0.15) is 0 Å². The zero-order valence-corrected chi connectivity index (χ0v) is 16.8. The van der Waals surface area contributed by atoms with Crippen molar-refractivity contribution >= 4 is 11.8 Å². The molecule has 0 aliphatic heterocycles. The molecule has 0 saturated carbocycles. The fraction of sp³-hybridized carbons (Fsp3) is 0.261. The second kappa shape index (κ2) is 9.68. The van der Waals surface area contributed by atoms with E-state index in [4.69, 9.17) is 0 Å². The molecule has 0 spiro atoms. The van der Waals surface area contributed by atoms with E-state index in [-0.39, 0.29) is 24.3 Å². The van der Waals surface area contributed by atoms with E-state index in [0.717, 1.165) is 22.4 Å². The minimum Gasteiger partial charge on any atom is -0.356 e. The monoisotopic (exact) mass is 390 g/mol. The summed E-state index contributed by atoms with van der Waals surface area (Å²) in [5.74, 6) is -0.253. The van der Waals surface area contributed by atoms with Gasteiger partial charge < -0.3 is 10.6 Å². The molecule has 1 unspecified atom stereocenters. The first-order chi connectivity index (χ1) is 14.0. The Kier molecular flexibility index (Phi) is 6.79. The largest absolute Gasteiger partial charge is 0.356 e. The number of carbonyl (C=O) groups is 2. The van der Waals surface area contributed by atoms with E-state index in [1.54, 1.807) is 0 Å². The summed E-state index contributed by atoms with van der Waals surface area (Å²) >= 11 is 0. The van der Waals surface area contributed by atoms with Crippen LogP contribution in [0.2, 0.25) is 0 Å². The maximum absolute atomic E-state index is 12.4. The lowest BCUT2D eigenvalue weighted by molar-refractivity contribution is -0.122. The number of carbonyl (C=O) groups excluding carboxylic acids is 2. The third-order valence-corrected chi connectivity index (χ3v) is 4.64. The predicted octanol–water partition coefficient (Wildman–Crippen LogP) is 3.11. The Hall–Kier alpha value is -3.41. The van der Waals surface area contributed by atoms with Crippen molar-refractivity contribution in [3.8, 4) is 5.69 Å². The van der Waals surface area contributed by atoms with Crippen LogP contribution in [-0.2, 0) is 16.0 Å². The first kappa shape index (κ1) is 20.3. The van der Waals surface area contributed by atoms with E-state index in [1.807, 2.05) is 78.6 Å². The third-order valence-electron chi connectivity index (χ3n) is 4.64. The Morgan fingerprint density at radius 1 is 1.07 bits per heavy atom. The van der Waals surface area contributed by atoms with Gasteiger partial charge in [0.05, 0.1) is 24.3 Å². The molecule has 6 heteroatoms. The van der Waals surface area contributed by atoms with Gasteiger partial charge in [-0.25, -0.2) is 4.68 Å². The molecule has 1 heterocycles. The number of aromatic nitrogens is 2. The number of benzene rings is 2. The van der Waals surface area contributed by atoms with Crippen molar-refractivity contribution in [2.75, 3.05) is 6.54 Å². The summed E-state index contributed by atoms with van der Waals surface area (Å²) in [7, 11) is 0. The van der Waals surface area contributed by atoms with E-state index >= 15 is 0 Å². The van der Waals surface area contributed by atoms with Crippen LogP contribution in [0, 0.1) is 6.92 Å². The summed E-state index contributed by atoms with van der Waals surface area (Å²) in [4.78, 5) is 24.0. The van der Waals surface area contributed by atoms with Gasteiger partial charge in [0, 0.05) is 19.7 Å². The van der Waals surface area contributed by atoms with Crippen LogP contribution in [-0.4, -0.2) is 28.1 Å². The molecule has 29 heavy (non-hydrogen) atoms. The van der Waals surface area contributed by atoms with E-state index in [1.165, 1.54) is 6.92 Å². The molecule has 1 aromatic heterocycles. The Morgan fingerprint density at radius 3 is 2.48 bits per heavy atom. The molecule has 6 nitrogen and oxygen atoms in total. The summed E-state index contributed by atoms with van der Waals surface area (Å²) in [6.07, 6.45) is 4.67. The predicted molar refractivity (Wildman–Crippen MR) is 113 cm³/mol.